The quantitative estimate of drug-likeness (QED) is 0.923. The first-order valence-corrected chi connectivity index (χ1v) is 7.33. The Kier molecular flexibility index (Phi) is 4.06. The Morgan fingerprint density at radius 3 is 2.48 bits per heavy atom. The van der Waals surface area contributed by atoms with Crippen LogP contribution in [0, 0.1) is 0 Å². The Bertz CT molecular complexity index is 591. The lowest BCUT2D eigenvalue weighted by Gasteiger charge is -2.35. The zero-order valence-corrected chi connectivity index (χ0v) is 12.2. The molecule has 0 saturated carbocycles. The van der Waals surface area contributed by atoms with Crippen LogP contribution in [0.2, 0.25) is 0 Å². The third kappa shape index (κ3) is 3.16. The molecule has 3 rings (SSSR count). The Morgan fingerprint density at radius 1 is 1.10 bits per heavy atom. The number of aromatic nitrogens is 2. The number of para-hydroxylation sites is 2. The van der Waals surface area contributed by atoms with Gasteiger partial charge in [0.15, 0.2) is 0 Å². The molecule has 1 aliphatic rings. The molecular weight excluding hydrogens is 268 g/mol. The minimum Gasteiger partial charge on any atom is -0.506 e. The smallest absolute Gasteiger partial charge is 0.230 e. The van der Waals surface area contributed by atoms with Crippen LogP contribution in [-0.4, -0.2) is 46.4 Å². The van der Waals surface area contributed by atoms with Crippen LogP contribution >= 0.6 is 0 Å². The Labute approximate surface area is 124 Å². The SMILES string of the molecule is CCc1nnc(CN2CCN(c3ccccc3O)CC2)o1. The van der Waals surface area contributed by atoms with Gasteiger partial charge in [0, 0.05) is 32.6 Å². The van der Waals surface area contributed by atoms with Gasteiger partial charge in [-0.1, -0.05) is 19.1 Å². The van der Waals surface area contributed by atoms with E-state index in [0.29, 0.717) is 24.1 Å². The molecule has 0 bridgehead atoms. The molecule has 0 radical (unpaired) electrons. The number of rotatable bonds is 4. The fourth-order valence-corrected chi connectivity index (χ4v) is 2.56. The van der Waals surface area contributed by atoms with Crippen LogP contribution in [0.3, 0.4) is 0 Å². The van der Waals surface area contributed by atoms with E-state index in [1.54, 1.807) is 6.07 Å². The third-order valence-electron chi connectivity index (χ3n) is 3.76. The largest absolute Gasteiger partial charge is 0.506 e. The molecule has 1 aliphatic heterocycles. The second kappa shape index (κ2) is 6.13. The number of phenols is 1. The molecule has 0 unspecified atom stereocenters. The Hall–Kier alpha value is -2.08. The molecule has 1 N–H and O–H groups in total. The number of aryl methyl sites for hydroxylation is 1. The molecule has 0 aliphatic carbocycles. The van der Waals surface area contributed by atoms with Crippen LogP contribution in [0.5, 0.6) is 5.75 Å². The van der Waals surface area contributed by atoms with Crippen LogP contribution in [0.1, 0.15) is 18.7 Å². The average molecular weight is 288 g/mol. The lowest BCUT2D eigenvalue weighted by atomic mass is 10.2. The van der Waals surface area contributed by atoms with E-state index in [1.165, 1.54) is 0 Å². The number of piperazine rings is 1. The number of nitrogens with zero attached hydrogens (tertiary/aromatic N) is 4. The number of hydrogen-bond acceptors (Lipinski definition) is 6. The Morgan fingerprint density at radius 2 is 1.81 bits per heavy atom. The normalized spacial score (nSPS) is 16.3. The zero-order chi connectivity index (χ0) is 14.7. The predicted octanol–water partition coefficient (Wildman–Crippen LogP) is 1.66. The standard InChI is InChI=1S/C15H20N4O2/c1-2-14-16-17-15(21-14)11-18-7-9-19(10-8-18)12-5-3-4-6-13(12)20/h3-6,20H,2,7-11H2,1H3. The lowest BCUT2D eigenvalue weighted by Crippen LogP contribution is -2.46. The number of benzene rings is 1. The summed E-state index contributed by atoms with van der Waals surface area (Å²) < 4.78 is 5.55. The second-order valence-electron chi connectivity index (χ2n) is 5.20. The molecule has 0 amide bonds. The molecule has 112 valence electrons. The van der Waals surface area contributed by atoms with Crippen LogP contribution in [0.15, 0.2) is 28.7 Å². The van der Waals surface area contributed by atoms with Crippen molar-refractivity contribution in [3.05, 3.63) is 36.0 Å². The van der Waals surface area contributed by atoms with E-state index < -0.39 is 0 Å². The van der Waals surface area contributed by atoms with Gasteiger partial charge < -0.3 is 14.4 Å². The van der Waals surface area contributed by atoms with E-state index in [4.69, 9.17) is 4.42 Å². The van der Waals surface area contributed by atoms with Crippen molar-refractivity contribution in [3.63, 3.8) is 0 Å². The van der Waals surface area contributed by atoms with Gasteiger partial charge in [-0.15, -0.1) is 10.2 Å². The van der Waals surface area contributed by atoms with E-state index in [-0.39, 0.29) is 0 Å². The van der Waals surface area contributed by atoms with Gasteiger partial charge in [-0.2, -0.15) is 0 Å². The summed E-state index contributed by atoms with van der Waals surface area (Å²) in [6, 6.07) is 7.48. The fourth-order valence-electron chi connectivity index (χ4n) is 2.56. The molecular formula is C15H20N4O2. The molecule has 1 fully saturated rings. The minimum atomic E-state index is 0.343. The van der Waals surface area contributed by atoms with Crippen molar-refractivity contribution in [2.75, 3.05) is 31.1 Å². The maximum absolute atomic E-state index is 9.91. The summed E-state index contributed by atoms with van der Waals surface area (Å²) in [5.74, 6) is 1.72. The van der Waals surface area contributed by atoms with Crippen LogP contribution < -0.4 is 4.90 Å². The van der Waals surface area contributed by atoms with E-state index >= 15 is 0 Å². The van der Waals surface area contributed by atoms with Crippen LogP contribution in [0.4, 0.5) is 5.69 Å². The highest BCUT2D eigenvalue weighted by Crippen LogP contribution is 2.27. The van der Waals surface area contributed by atoms with Crippen LogP contribution in [0.25, 0.3) is 0 Å². The van der Waals surface area contributed by atoms with Gasteiger partial charge in [0.25, 0.3) is 0 Å². The molecule has 0 spiro atoms. The fraction of sp³-hybridized carbons (Fsp3) is 0.467. The maximum Gasteiger partial charge on any atom is 0.230 e. The molecule has 1 aromatic carbocycles. The lowest BCUT2D eigenvalue weighted by molar-refractivity contribution is 0.224. The first-order valence-electron chi connectivity index (χ1n) is 7.33. The van der Waals surface area contributed by atoms with Crippen molar-refractivity contribution in [2.45, 2.75) is 19.9 Å². The maximum atomic E-state index is 9.91. The molecule has 1 saturated heterocycles. The van der Waals surface area contributed by atoms with E-state index in [1.807, 2.05) is 25.1 Å². The highest BCUT2D eigenvalue weighted by atomic mass is 16.4. The van der Waals surface area contributed by atoms with Crippen molar-refractivity contribution in [2.24, 2.45) is 0 Å². The van der Waals surface area contributed by atoms with Crippen LogP contribution in [-0.2, 0) is 13.0 Å². The number of phenolic OH excluding ortho intramolecular Hbond substituents is 1. The van der Waals surface area contributed by atoms with Gasteiger partial charge in [0.2, 0.25) is 11.8 Å². The summed E-state index contributed by atoms with van der Waals surface area (Å²) in [5, 5.41) is 18.0. The first kappa shape index (κ1) is 13.9. The van der Waals surface area contributed by atoms with Gasteiger partial charge in [-0.05, 0) is 12.1 Å². The summed E-state index contributed by atoms with van der Waals surface area (Å²) in [7, 11) is 0. The number of aromatic hydroxyl groups is 1. The molecule has 0 atom stereocenters. The van der Waals surface area contributed by atoms with Gasteiger partial charge >= 0.3 is 0 Å². The van der Waals surface area contributed by atoms with Crippen molar-refractivity contribution < 1.29 is 9.52 Å². The zero-order valence-electron chi connectivity index (χ0n) is 12.2. The molecule has 2 aromatic rings. The van der Waals surface area contributed by atoms with Crippen molar-refractivity contribution in [1.29, 1.82) is 0 Å². The predicted molar refractivity (Wildman–Crippen MR) is 79.3 cm³/mol. The van der Waals surface area contributed by atoms with E-state index in [0.717, 1.165) is 38.3 Å². The summed E-state index contributed by atoms with van der Waals surface area (Å²) in [4.78, 5) is 4.50. The van der Waals surface area contributed by atoms with Gasteiger partial charge in [0.05, 0.1) is 12.2 Å². The summed E-state index contributed by atoms with van der Waals surface area (Å²) >= 11 is 0. The first-order chi connectivity index (χ1) is 10.3. The molecule has 2 heterocycles. The van der Waals surface area contributed by atoms with Gasteiger partial charge in [0.1, 0.15) is 5.75 Å². The highest BCUT2D eigenvalue weighted by molar-refractivity contribution is 5.57. The minimum absolute atomic E-state index is 0.343. The Balaban J connectivity index is 1.56. The van der Waals surface area contributed by atoms with Gasteiger partial charge in [-0.3, -0.25) is 4.90 Å². The average Bonchev–Trinajstić information content (AvgIpc) is 2.96. The summed E-state index contributed by atoms with van der Waals surface area (Å²) in [6.07, 6.45) is 0.772. The molecule has 1 aromatic heterocycles. The third-order valence-corrected chi connectivity index (χ3v) is 3.76. The van der Waals surface area contributed by atoms with E-state index in [9.17, 15) is 5.11 Å². The van der Waals surface area contributed by atoms with E-state index in [2.05, 4.69) is 20.0 Å². The summed E-state index contributed by atoms with van der Waals surface area (Å²) in [5.41, 5.74) is 0.906. The topological polar surface area (TPSA) is 65.6 Å². The number of hydrogen-bond donors (Lipinski definition) is 1. The molecule has 6 heteroatoms. The van der Waals surface area contributed by atoms with Gasteiger partial charge in [-0.25, -0.2) is 0 Å². The van der Waals surface area contributed by atoms with Crippen molar-refractivity contribution in [3.8, 4) is 5.75 Å². The highest BCUT2D eigenvalue weighted by Gasteiger charge is 2.20. The number of anilines is 1. The van der Waals surface area contributed by atoms with Crippen molar-refractivity contribution >= 4 is 5.69 Å². The molecule has 21 heavy (non-hydrogen) atoms. The monoisotopic (exact) mass is 288 g/mol. The molecule has 6 nitrogen and oxygen atoms in total. The van der Waals surface area contributed by atoms with Crippen molar-refractivity contribution in [1.82, 2.24) is 15.1 Å². The second-order valence-corrected chi connectivity index (χ2v) is 5.20. The summed E-state index contributed by atoms with van der Waals surface area (Å²) in [6.45, 7) is 6.29.